The molecule has 0 unspecified atom stereocenters. The molecule has 29 heavy (non-hydrogen) atoms. The van der Waals surface area contributed by atoms with E-state index < -0.39 is 11.6 Å². The Labute approximate surface area is 166 Å². The molecule has 0 aliphatic heterocycles. The number of nitriles is 1. The lowest BCUT2D eigenvalue weighted by molar-refractivity contribution is 0.259. The molecule has 0 atom stereocenters. The summed E-state index contributed by atoms with van der Waals surface area (Å²) in [6, 6.07) is 8.72. The second-order valence-electron chi connectivity index (χ2n) is 6.97. The lowest BCUT2D eigenvalue weighted by Gasteiger charge is -2.14. The minimum absolute atomic E-state index is 0.0345. The first-order chi connectivity index (χ1) is 14.1. The van der Waals surface area contributed by atoms with E-state index in [4.69, 9.17) is 14.9 Å². The van der Waals surface area contributed by atoms with E-state index in [1.807, 2.05) is 0 Å². The number of nitrogens with zero attached hydrogens (tertiary/aromatic N) is 2. The topological polar surface area (TPSA) is 85.1 Å². The lowest BCUT2D eigenvalue weighted by atomic mass is 9.95. The van der Waals surface area contributed by atoms with Crippen LogP contribution in [0, 0.1) is 23.0 Å². The van der Waals surface area contributed by atoms with Crippen LogP contribution in [0.3, 0.4) is 0 Å². The zero-order valence-corrected chi connectivity index (χ0v) is 15.7. The number of rotatable bonds is 4. The van der Waals surface area contributed by atoms with Crippen molar-refractivity contribution in [2.24, 2.45) is 0 Å². The highest BCUT2D eigenvalue weighted by atomic mass is 19.1. The highest BCUT2D eigenvalue weighted by Gasteiger charge is 2.23. The summed E-state index contributed by atoms with van der Waals surface area (Å²) in [5.74, 6) is -0.363. The number of pyridine rings is 1. The number of hydrogen-bond acceptors (Lipinski definition) is 5. The van der Waals surface area contributed by atoms with Gasteiger partial charge in [-0.2, -0.15) is 5.26 Å². The fourth-order valence-corrected chi connectivity index (χ4v) is 3.66. The zero-order chi connectivity index (χ0) is 20.4. The van der Waals surface area contributed by atoms with Gasteiger partial charge in [-0.25, -0.2) is 13.8 Å². The van der Waals surface area contributed by atoms with Crippen LogP contribution in [0.2, 0.25) is 0 Å². The van der Waals surface area contributed by atoms with E-state index in [0.717, 1.165) is 55.5 Å². The predicted molar refractivity (Wildman–Crippen MR) is 103 cm³/mol. The molecule has 3 aromatic rings. The number of furan rings is 1. The molecule has 0 fully saturated rings. The maximum Gasteiger partial charge on any atom is 0.167 e. The Morgan fingerprint density at radius 3 is 2.76 bits per heavy atom. The van der Waals surface area contributed by atoms with E-state index in [9.17, 15) is 14.0 Å². The summed E-state index contributed by atoms with van der Waals surface area (Å²) in [6.45, 7) is -0.0345. The van der Waals surface area contributed by atoms with E-state index in [0.29, 0.717) is 22.6 Å². The van der Waals surface area contributed by atoms with Crippen molar-refractivity contribution in [1.82, 2.24) is 4.98 Å². The molecule has 0 amide bonds. The van der Waals surface area contributed by atoms with Gasteiger partial charge in [-0.15, -0.1) is 0 Å². The molecule has 1 aliphatic carbocycles. The Hall–Kier alpha value is -3.40. The summed E-state index contributed by atoms with van der Waals surface area (Å²) in [4.78, 5) is 4.45. The van der Waals surface area contributed by atoms with Crippen LogP contribution >= 0.6 is 0 Å². The van der Waals surface area contributed by atoms with Crippen molar-refractivity contribution in [2.75, 3.05) is 5.73 Å². The van der Waals surface area contributed by atoms with E-state index in [-0.39, 0.29) is 18.2 Å². The number of nitrogen functional groups attached to an aromatic ring is 1. The van der Waals surface area contributed by atoms with E-state index >= 15 is 0 Å². The molecule has 148 valence electrons. The average Bonchev–Trinajstić information content (AvgIpc) is 3.04. The average molecular weight is 395 g/mol. The maximum absolute atomic E-state index is 13.7. The number of hydrogen-bond donors (Lipinski definition) is 1. The first kappa shape index (κ1) is 18.9. The Morgan fingerprint density at radius 2 is 1.97 bits per heavy atom. The standard InChI is InChI=1S/C22H19F2N3O2/c23-13-6-8-19(17(24)10-13)28-12-14-7-9-20(29-14)21-15-4-2-1-3-5-18(15)27-22(26)16(21)11-25/h6-10H,1-5,12H2,(H2,26,27). The van der Waals surface area contributed by atoms with Gasteiger partial charge in [0.1, 0.15) is 41.4 Å². The first-order valence-electron chi connectivity index (χ1n) is 9.45. The normalized spacial score (nSPS) is 13.4. The minimum atomic E-state index is -0.782. The van der Waals surface area contributed by atoms with Crippen LogP contribution in [0.5, 0.6) is 5.75 Å². The second kappa shape index (κ2) is 7.92. The zero-order valence-electron chi connectivity index (χ0n) is 15.7. The molecule has 0 radical (unpaired) electrons. The third-order valence-electron chi connectivity index (χ3n) is 5.04. The molecule has 4 rings (SSSR count). The number of aromatic nitrogens is 1. The molecule has 1 aromatic carbocycles. The molecule has 0 saturated heterocycles. The molecular formula is C22H19F2N3O2. The van der Waals surface area contributed by atoms with Crippen molar-refractivity contribution in [3.8, 4) is 23.1 Å². The van der Waals surface area contributed by atoms with Gasteiger partial charge < -0.3 is 14.9 Å². The predicted octanol–water partition coefficient (Wildman–Crippen LogP) is 4.92. The molecule has 0 spiro atoms. The smallest absolute Gasteiger partial charge is 0.167 e. The summed E-state index contributed by atoms with van der Waals surface area (Å²) >= 11 is 0. The number of benzene rings is 1. The fourth-order valence-electron chi connectivity index (χ4n) is 3.66. The summed E-state index contributed by atoms with van der Waals surface area (Å²) in [7, 11) is 0. The van der Waals surface area contributed by atoms with Gasteiger partial charge in [-0.1, -0.05) is 6.42 Å². The Morgan fingerprint density at radius 1 is 1.14 bits per heavy atom. The van der Waals surface area contributed by atoms with Gasteiger partial charge in [0.05, 0.1) is 0 Å². The number of nitrogens with two attached hydrogens (primary N) is 1. The van der Waals surface area contributed by atoms with E-state index in [1.54, 1.807) is 12.1 Å². The van der Waals surface area contributed by atoms with Crippen molar-refractivity contribution in [3.05, 3.63) is 64.5 Å². The first-order valence-corrected chi connectivity index (χ1v) is 9.45. The highest BCUT2D eigenvalue weighted by Crippen LogP contribution is 2.36. The largest absolute Gasteiger partial charge is 0.483 e. The Kier molecular flexibility index (Phi) is 5.17. The number of anilines is 1. The van der Waals surface area contributed by atoms with Crippen LogP contribution in [0.15, 0.2) is 34.7 Å². The van der Waals surface area contributed by atoms with Gasteiger partial charge in [-0.3, -0.25) is 0 Å². The molecule has 0 bridgehead atoms. The Balaban J connectivity index is 1.65. The molecule has 5 nitrogen and oxygen atoms in total. The van der Waals surface area contributed by atoms with Gasteiger partial charge in [-0.05, 0) is 55.5 Å². The van der Waals surface area contributed by atoms with Crippen molar-refractivity contribution >= 4 is 5.82 Å². The summed E-state index contributed by atoms with van der Waals surface area (Å²) in [5.41, 5.74) is 8.94. The quantitative estimate of drug-likeness (QED) is 0.634. The number of fused-ring (bicyclic) bond motifs is 1. The third-order valence-corrected chi connectivity index (χ3v) is 5.04. The van der Waals surface area contributed by atoms with E-state index in [2.05, 4.69) is 11.1 Å². The number of aryl methyl sites for hydroxylation is 1. The van der Waals surface area contributed by atoms with Crippen molar-refractivity contribution < 1.29 is 17.9 Å². The maximum atomic E-state index is 13.7. The minimum Gasteiger partial charge on any atom is -0.483 e. The highest BCUT2D eigenvalue weighted by molar-refractivity contribution is 5.76. The summed E-state index contributed by atoms with van der Waals surface area (Å²) < 4.78 is 38.1. The van der Waals surface area contributed by atoms with Gasteiger partial charge in [0, 0.05) is 17.3 Å². The molecular weight excluding hydrogens is 376 g/mol. The van der Waals surface area contributed by atoms with Gasteiger partial charge in [0.15, 0.2) is 11.6 Å². The lowest BCUT2D eigenvalue weighted by Crippen LogP contribution is -2.06. The van der Waals surface area contributed by atoms with Gasteiger partial charge >= 0.3 is 0 Å². The molecule has 7 heteroatoms. The van der Waals surface area contributed by atoms with Crippen LogP contribution in [0.4, 0.5) is 14.6 Å². The third kappa shape index (κ3) is 3.79. The monoisotopic (exact) mass is 395 g/mol. The van der Waals surface area contributed by atoms with Gasteiger partial charge in [0.2, 0.25) is 0 Å². The van der Waals surface area contributed by atoms with Crippen LogP contribution in [-0.4, -0.2) is 4.98 Å². The SMILES string of the molecule is N#Cc1c(N)nc2c(c1-c1ccc(COc3ccc(F)cc3F)o1)CCCCC2. The molecule has 0 saturated carbocycles. The summed E-state index contributed by atoms with van der Waals surface area (Å²) in [5, 5.41) is 9.64. The van der Waals surface area contributed by atoms with Crippen molar-refractivity contribution in [2.45, 2.75) is 38.7 Å². The second-order valence-corrected chi connectivity index (χ2v) is 6.97. The van der Waals surface area contributed by atoms with Crippen LogP contribution in [0.25, 0.3) is 11.3 Å². The van der Waals surface area contributed by atoms with Crippen molar-refractivity contribution in [3.63, 3.8) is 0 Å². The number of ether oxygens (including phenoxy) is 1. The molecule has 2 N–H and O–H groups in total. The molecule has 1 aliphatic rings. The van der Waals surface area contributed by atoms with E-state index in [1.165, 1.54) is 6.07 Å². The Bertz CT molecular complexity index is 1100. The van der Waals surface area contributed by atoms with Crippen LogP contribution < -0.4 is 10.5 Å². The van der Waals surface area contributed by atoms with Crippen LogP contribution in [-0.2, 0) is 19.4 Å². The fraction of sp³-hybridized carbons (Fsp3) is 0.273. The molecule has 2 aromatic heterocycles. The number of halogens is 2. The molecule has 2 heterocycles. The van der Waals surface area contributed by atoms with Gasteiger partial charge in [0.25, 0.3) is 0 Å². The van der Waals surface area contributed by atoms with Crippen molar-refractivity contribution in [1.29, 1.82) is 5.26 Å². The summed E-state index contributed by atoms with van der Waals surface area (Å²) in [6.07, 6.45) is 4.76. The van der Waals surface area contributed by atoms with Crippen LogP contribution in [0.1, 0.15) is 41.8 Å².